The molecule has 1 heterocycles. The number of rotatable bonds is 2. The Labute approximate surface area is 79.4 Å². The molecule has 0 radical (unpaired) electrons. The molecule has 64 valence electrons. The Hall–Kier alpha value is -0.840. The van der Waals surface area contributed by atoms with Crippen molar-refractivity contribution in [3.05, 3.63) is 22.6 Å². The quantitative estimate of drug-likeness (QED) is 0.334. The highest BCUT2D eigenvalue weighted by Crippen LogP contribution is 2.22. The fraction of sp³-hybridized carbons (Fsp3) is 0. The molecule has 0 aliphatic carbocycles. The van der Waals surface area contributed by atoms with Crippen molar-refractivity contribution in [3.8, 4) is 0 Å². The second kappa shape index (κ2) is 3.71. The number of hydrazine groups is 1. The minimum Gasteiger partial charge on any atom is -0.308 e. The van der Waals surface area contributed by atoms with Crippen LogP contribution in [-0.2, 0) is 0 Å². The maximum Gasteiger partial charge on any atom is 0.225 e. The van der Waals surface area contributed by atoms with Crippen LogP contribution in [0.1, 0.15) is 5.56 Å². The highest BCUT2D eigenvalue weighted by molar-refractivity contribution is 6.33. The maximum atomic E-state index is 5.71. The number of aromatic nitrogens is 2. The first-order chi connectivity index (χ1) is 5.69. The van der Waals surface area contributed by atoms with Crippen LogP contribution in [0, 0.1) is 0 Å². The molecule has 0 spiro atoms. The van der Waals surface area contributed by atoms with Gasteiger partial charge in [-0.25, -0.2) is 10.8 Å². The SMILES string of the molecule is C=Cc1c(Cl)nc(Cl)nc1NN. The smallest absolute Gasteiger partial charge is 0.225 e. The molecule has 0 unspecified atom stereocenters. The van der Waals surface area contributed by atoms with Gasteiger partial charge in [0.2, 0.25) is 5.28 Å². The van der Waals surface area contributed by atoms with Crippen molar-refractivity contribution in [3.63, 3.8) is 0 Å². The fourth-order valence-corrected chi connectivity index (χ4v) is 1.17. The number of hydrogen-bond donors (Lipinski definition) is 2. The second-order valence-corrected chi connectivity index (χ2v) is 2.59. The van der Waals surface area contributed by atoms with Crippen LogP contribution in [0.25, 0.3) is 6.08 Å². The van der Waals surface area contributed by atoms with Crippen LogP contribution in [0.2, 0.25) is 10.4 Å². The van der Waals surface area contributed by atoms with Crippen LogP contribution in [0.3, 0.4) is 0 Å². The molecule has 3 N–H and O–H groups in total. The van der Waals surface area contributed by atoms with Crippen molar-refractivity contribution in [2.45, 2.75) is 0 Å². The minimum atomic E-state index is 0.0403. The molecule has 1 aromatic rings. The number of nitrogens with one attached hydrogen (secondary N) is 1. The summed E-state index contributed by atoms with van der Waals surface area (Å²) in [5, 5.41) is 0.261. The molecule has 0 saturated carbocycles. The third-order valence-electron chi connectivity index (χ3n) is 1.21. The number of nitrogens with two attached hydrogens (primary N) is 1. The summed E-state index contributed by atoms with van der Waals surface area (Å²) < 4.78 is 0. The Morgan fingerprint density at radius 1 is 1.42 bits per heavy atom. The Bertz CT molecular complexity index is 313. The summed E-state index contributed by atoms with van der Waals surface area (Å²) in [5.41, 5.74) is 2.87. The van der Waals surface area contributed by atoms with E-state index >= 15 is 0 Å². The van der Waals surface area contributed by atoms with Gasteiger partial charge in [0.1, 0.15) is 5.15 Å². The average Bonchev–Trinajstić information content (AvgIpc) is 2.03. The van der Waals surface area contributed by atoms with Crippen molar-refractivity contribution >= 4 is 35.1 Å². The first kappa shape index (κ1) is 9.25. The molecule has 0 aromatic carbocycles. The molecule has 0 amide bonds. The van der Waals surface area contributed by atoms with Crippen molar-refractivity contribution in [2.24, 2.45) is 5.84 Å². The van der Waals surface area contributed by atoms with Crippen molar-refractivity contribution < 1.29 is 0 Å². The Balaban J connectivity index is 3.33. The van der Waals surface area contributed by atoms with E-state index in [9.17, 15) is 0 Å². The van der Waals surface area contributed by atoms with Crippen LogP contribution in [-0.4, -0.2) is 9.97 Å². The number of nitrogens with zero attached hydrogens (tertiary/aromatic N) is 2. The Morgan fingerprint density at radius 2 is 2.08 bits per heavy atom. The molecule has 12 heavy (non-hydrogen) atoms. The van der Waals surface area contributed by atoms with Gasteiger partial charge in [0.15, 0.2) is 5.82 Å². The third kappa shape index (κ3) is 1.66. The van der Waals surface area contributed by atoms with Gasteiger partial charge in [0, 0.05) is 0 Å². The summed E-state index contributed by atoms with van der Waals surface area (Å²) in [6.45, 7) is 3.53. The summed E-state index contributed by atoms with van der Waals surface area (Å²) >= 11 is 11.2. The molecule has 0 saturated heterocycles. The van der Waals surface area contributed by atoms with Crippen LogP contribution in [0.4, 0.5) is 5.82 Å². The largest absolute Gasteiger partial charge is 0.308 e. The normalized spacial score (nSPS) is 9.58. The minimum absolute atomic E-state index is 0.0403. The molecule has 6 heteroatoms. The Morgan fingerprint density at radius 3 is 2.58 bits per heavy atom. The topological polar surface area (TPSA) is 63.8 Å². The third-order valence-corrected chi connectivity index (χ3v) is 1.67. The maximum absolute atomic E-state index is 5.71. The number of hydrogen-bond acceptors (Lipinski definition) is 4. The molecule has 4 nitrogen and oxygen atoms in total. The van der Waals surface area contributed by atoms with Crippen molar-refractivity contribution in [1.82, 2.24) is 9.97 Å². The standard InChI is InChI=1S/C6H6Cl2N4/c1-2-3-4(7)10-6(8)11-5(3)12-9/h2H,1,9H2,(H,10,11,12). The number of halogens is 2. The summed E-state index contributed by atoms with van der Waals surface area (Å²) in [7, 11) is 0. The fourth-order valence-electron chi connectivity index (χ4n) is 0.707. The van der Waals surface area contributed by atoms with Gasteiger partial charge in [0.25, 0.3) is 0 Å². The lowest BCUT2D eigenvalue weighted by atomic mass is 10.3. The summed E-state index contributed by atoms with van der Waals surface area (Å²) in [4.78, 5) is 7.49. The van der Waals surface area contributed by atoms with Gasteiger partial charge in [-0.05, 0) is 11.6 Å². The van der Waals surface area contributed by atoms with Gasteiger partial charge in [-0.15, -0.1) is 0 Å². The Kier molecular flexibility index (Phi) is 2.86. The van der Waals surface area contributed by atoms with E-state index < -0.39 is 0 Å². The lowest BCUT2D eigenvalue weighted by molar-refractivity contribution is 1.13. The van der Waals surface area contributed by atoms with E-state index in [1.807, 2.05) is 0 Å². The van der Waals surface area contributed by atoms with Crippen molar-refractivity contribution in [1.29, 1.82) is 0 Å². The van der Waals surface area contributed by atoms with Gasteiger partial charge in [0.05, 0.1) is 5.56 Å². The number of nitrogen functional groups attached to an aromatic ring is 1. The van der Waals surface area contributed by atoms with Gasteiger partial charge >= 0.3 is 0 Å². The molecule has 1 aromatic heterocycles. The lowest BCUT2D eigenvalue weighted by Gasteiger charge is -2.04. The van der Waals surface area contributed by atoms with Gasteiger partial charge in [-0.1, -0.05) is 24.3 Å². The van der Waals surface area contributed by atoms with E-state index in [1.165, 1.54) is 6.08 Å². The molecule has 0 atom stereocenters. The van der Waals surface area contributed by atoms with E-state index in [-0.39, 0.29) is 10.4 Å². The van der Waals surface area contributed by atoms with E-state index in [0.29, 0.717) is 11.4 Å². The molecular weight excluding hydrogens is 199 g/mol. The monoisotopic (exact) mass is 204 g/mol. The van der Waals surface area contributed by atoms with Gasteiger partial charge in [-0.3, -0.25) is 0 Å². The van der Waals surface area contributed by atoms with Crippen LogP contribution in [0.15, 0.2) is 6.58 Å². The van der Waals surface area contributed by atoms with E-state index in [0.717, 1.165) is 0 Å². The first-order valence-electron chi connectivity index (χ1n) is 3.01. The van der Waals surface area contributed by atoms with Crippen molar-refractivity contribution in [2.75, 3.05) is 5.43 Å². The predicted molar refractivity (Wildman–Crippen MR) is 50.0 cm³/mol. The summed E-state index contributed by atoms with van der Waals surface area (Å²) in [5.74, 6) is 5.52. The molecule has 0 aliphatic rings. The summed E-state index contributed by atoms with van der Waals surface area (Å²) in [6.07, 6.45) is 1.49. The lowest BCUT2D eigenvalue weighted by Crippen LogP contribution is -2.11. The zero-order valence-electron chi connectivity index (χ0n) is 6.01. The molecular formula is C6H6Cl2N4. The summed E-state index contributed by atoms with van der Waals surface area (Å²) in [6, 6.07) is 0. The highest BCUT2D eigenvalue weighted by atomic mass is 35.5. The zero-order valence-corrected chi connectivity index (χ0v) is 7.52. The first-order valence-corrected chi connectivity index (χ1v) is 3.76. The average molecular weight is 205 g/mol. The molecule has 1 rings (SSSR count). The van der Waals surface area contributed by atoms with E-state index in [1.54, 1.807) is 0 Å². The van der Waals surface area contributed by atoms with E-state index in [2.05, 4.69) is 22.0 Å². The molecule has 0 fully saturated rings. The van der Waals surface area contributed by atoms with Gasteiger partial charge < -0.3 is 5.43 Å². The zero-order chi connectivity index (χ0) is 9.14. The number of anilines is 1. The predicted octanol–water partition coefficient (Wildman–Crippen LogP) is 1.71. The molecule has 0 bridgehead atoms. The van der Waals surface area contributed by atoms with Crippen LogP contribution >= 0.6 is 23.2 Å². The van der Waals surface area contributed by atoms with Crippen LogP contribution < -0.4 is 11.3 Å². The van der Waals surface area contributed by atoms with Gasteiger partial charge in [-0.2, -0.15) is 4.98 Å². The van der Waals surface area contributed by atoms with E-state index in [4.69, 9.17) is 29.0 Å². The second-order valence-electron chi connectivity index (χ2n) is 1.89. The van der Waals surface area contributed by atoms with Crippen LogP contribution in [0.5, 0.6) is 0 Å². The highest BCUT2D eigenvalue weighted by Gasteiger charge is 2.07. The molecule has 0 aliphatic heterocycles.